The Morgan fingerprint density at radius 1 is 1.41 bits per heavy atom. The first kappa shape index (κ1) is 14.1. The topological polar surface area (TPSA) is 78.5 Å². The van der Waals surface area contributed by atoms with E-state index < -0.39 is 17.5 Å². The van der Waals surface area contributed by atoms with Crippen LogP contribution in [-0.4, -0.2) is 35.8 Å². The smallest absolute Gasteiger partial charge is 0.325 e. The van der Waals surface area contributed by atoms with Gasteiger partial charge in [-0.2, -0.15) is 0 Å². The number of imide groups is 1. The first-order valence-electron chi connectivity index (χ1n) is 7.01. The summed E-state index contributed by atoms with van der Waals surface area (Å²) in [6, 6.07) is 7.00. The predicted octanol–water partition coefficient (Wildman–Crippen LogP) is 0.129. The van der Waals surface area contributed by atoms with E-state index in [9.17, 15) is 14.4 Å². The van der Waals surface area contributed by atoms with Crippen LogP contribution in [0.3, 0.4) is 0 Å². The maximum atomic E-state index is 12.7. The molecule has 6 heteroatoms. The van der Waals surface area contributed by atoms with Gasteiger partial charge in [-0.1, -0.05) is 30.2 Å². The molecule has 22 heavy (non-hydrogen) atoms. The average Bonchev–Trinajstić information content (AvgIpc) is 3.00. The minimum absolute atomic E-state index is 0.0659. The molecule has 1 atom stereocenters. The summed E-state index contributed by atoms with van der Waals surface area (Å²) in [7, 11) is 0. The Balaban J connectivity index is 1.84. The molecule has 112 valence electrons. The van der Waals surface area contributed by atoms with E-state index in [1.165, 1.54) is 0 Å². The van der Waals surface area contributed by atoms with Crippen LogP contribution in [0.4, 0.5) is 4.79 Å². The van der Waals surface area contributed by atoms with Crippen molar-refractivity contribution in [1.82, 2.24) is 15.5 Å². The van der Waals surface area contributed by atoms with Gasteiger partial charge in [-0.25, -0.2) is 4.79 Å². The van der Waals surface area contributed by atoms with Gasteiger partial charge in [0.1, 0.15) is 12.1 Å². The monoisotopic (exact) mass is 297 g/mol. The highest BCUT2D eigenvalue weighted by Crippen LogP contribution is 2.41. The minimum Gasteiger partial charge on any atom is -0.344 e. The summed E-state index contributed by atoms with van der Waals surface area (Å²) in [4.78, 5) is 37.5. The van der Waals surface area contributed by atoms with Crippen LogP contribution in [0.5, 0.6) is 0 Å². The number of amides is 4. The highest BCUT2D eigenvalue weighted by atomic mass is 16.2. The lowest BCUT2D eigenvalue weighted by atomic mass is 9.92. The fourth-order valence-corrected chi connectivity index (χ4v) is 3.08. The Bertz CT molecular complexity index is 707. The third-order valence-electron chi connectivity index (χ3n) is 4.11. The van der Waals surface area contributed by atoms with Gasteiger partial charge in [0, 0.05) is 0 Å². The van der Waals surface area contributed by atoms with Crippen molar-refractivity contribution in [2.24, 2.45) is 0 Å². The zero-order valence-corrected chi connectivity index (χ0v) is 11.9. The van der Waals surface area contributed by atoms with Crippen LogP contribution in [0.25, 0.3) is 0 Å². The van der Waals surface area contributed by atoms with Crippen molar-refractivity contribution < 1.29 is 14.4 Å². The van der Waals surface area contributed by atoms with E-state index in [1.807, 2.05) is 24.3 Å². The molecule has 2 N–H and O–H groups in total. The maximum Gasteiger partial charge on any atom is 0.325 e. The Labute approximate surface area is 127 Å². The summed E-state index contributed by atoms with van der Waals surface area (Å²) in [5.74, 6) is 1.44. The molecule has 2 aliphatic rings. The summed E-state index contributed by atoms with van der Waals surface area (Å²) in [5.41, 5.74) is 0.842. The summed E-state index contributed by atoms with van der Waals surface area (Å²) in [6.45, 7) is -0.257. The fourth-order valence-electron chi connectivity index (χ4n) is 3.08. The molecular weight excluding hydrogens is 282 g/mol. The van der Waals surface area contributed by atoms with Crippen LogP contribution in [0.1, 0.15) is 17.5 Å². The van der Waals surface area contributed by atoms with E-state index in [0.29, 0.717) is 6.42 Å². The number of urea groups is 1. The van der Waals surface area contributed by atoms with Crippen LogP contribution in [-0.2, 0) is 21.5 Å². The van der Waals surface area contributed by atoms with E-state index in [-0.39, 0.29) is 19.0 Å². The van der Waals surface area contributed by atoms with Crippen molar-refractivity contribution in [3.8, 4) is 12.3 Å². The number of nitrogens with one attached hydrogen (secondary N) is 2. The van der Waals surface area contributed by atoms with Crippen molar-refractivity contribution in [1.29, 1.82) is 0 Å². The number of hydrogen-bond acceptors (Lipinski definition) is 3. The van der Waals surface area contributed by atoms with Gasteiger partial charge in [-0.15, -0.1) is 6.42 Å². The van der Waals surface area contributed by atoms with Gasteiger partial charge in [-0.05, 0) is 24.0 Å². The first-order valence-corrected chi connectivity index (χ1v) is 7.01. The minimum atomic E-state index is -1.03. The lowest BCUT2D eigenvalue weighted by molar-refractivity contribution is -0.135. The summed E-state index contributed by atoms with van der Waals surface area (Å²) in [6.07, 6.45) is 6.30. The highest BCUT2D eigenvalue weighted by Gasteiger charge is 2.55. The predicted molar refractivity (Wildman–Crippen MR) is 78.5 cm³/mol. The number of rotatable bonds is 3. The van der Waals surface area contributed by atoms with Crippen molar-refractivity contribution in [2.45, 2.75) is 18.4 Å². The standard InChI is InChI=1S/C16H15N3O3/c1-2-9-17-13(20)10-19-14(21)16(18-15(19)22)8-7-11-5-3-4-6-12(11)16/h1,3-6H,7-10H2,(H,17,20)(H,18,22)/t16-/m1/s1. The molecule has 1 aliphatic carbocycles. The van der Waals surface area contributed by atoms with Crippen molar-refractivity contribution in [2.75, 3.05) is 13.1 Å². The van der Waals surface area contributed by atoms with Gasteiger partial charge in [0.25, 0.3) is 5.91 Å². The summed E-state index contributed by atoms with van der Waals surface area (Å²) >= 11 is 0. The van der Waals surface area contributed by atoms with Crippen molar-refractivity contribution in [3.05, 3.63) is 35.4 Å². The van der Waals surface area contributed by atoms with E-state index in [0.717, 1.165) is 22.4 Å². The lowest BCUT2D eigenvalue weighted by Gasteiger charge is -2.22. The highest BCUT2D eigenvalue weighted by molar-refractivity contribution is 6.09. The van der Waals surface area contributed by atoms with Crippen molar-refractivity contribution >= 4 is 17.8 Å². The second-order valence-corrected chi connectivity index (χ2v) is 5.36. The number of fused-ring (bicyclic) bond motifs is 2. The number of nitrogens with zero attached hydrogens (tertiary/aromatic N) is 1. The van der Waals surface area contributed by atoms with Crippen molar-refractivity contribution in [3.63, 3.8) is 0 Å². The summed E-state index contributed by atoms with van der Waals surface area (Å²) in [5, 5.41) is 5.21. The molecule has 0 saturated carbocycles. The van der Waals surface area contributed by atoms with E-state index >= 15 is 0 Å². The zero-order valence-electron chi connectivity index (χ0n) is 11.9. The van der Waals surface area contributed by atoms with Gasteiger partial charge in [0.2, 0.25) is 5.91 Å². The number of terminal acetylenes is 1. The number of carbonyl (C=O) groups excluding carboxylic acids is 3. The lowest BCUT2D eigenvalue weighted by Crippen LogP contribution is -2.43. The fraction of sp³-hybridized carbons (Fsp3) is 0.312. The molecule has 4 amide bonds. The third-order valence-corrected chi connectivity index (χ3v) is 4.11. The molecule has 6 nitrogen and oxygen atoms in total. The Morgan fingerprint density at radius 3 is 2.95 bits per heavy atom. The Morgan fingerprint density at radius 2 is 2.18 bits per heavy atom. The maximum absolute atomic E-state index is 12.7. The van der Waals surface area contributed by atoms with Crippen LogP contribution < -0.4 is 10.6 Å². The van der Waals surface area contributed by atoms with E-state index in [2.05, 4.69) is 16.6 Å². The molecule has 1 aliphatic heterocycles. The average molecular weight is 297 g/mol. The number of carbonyl (C=O) groups is 3. The first-order chi connectivity index (χ1) is 10.6. The van der Waals surface area contributed by atoms with E-state index in [1.54, 1.807) is 0 Å². The third kappa shape index (κ3) is 2.02. The van der Waals surface area contributed by atoms with Crippen LogP contribution in [0.15, 0.2) is 24.3 Å². The van der Waals surface area contributed by atoms with Gasteiger partial charge in [-0.3, -0.25) is 14.5 Å². The SMILES string of the molecule is C#CCNC(=O)CN1C(=O)N[C@@]2(CCc3ccccc32)C1=O. The van der Waals surface area contributed by atoms with E-state index in [4.69, 9.17) is 6.42 Å². The molecule has 0 aromatic heterocycles. The molecule has 0 radical (unpaired) electrons. The summed E-state index contributed by atoms with van der Waals surface area (Å²) < 4.78 is 0. The number of aryl methyl sites for hydroxylation is 1. The molecule has 1 fully saturated rings. The number of benzene rings is 1. The van der Waals surface area contributed by atoms with Gasteiger partial charge < -0.3 is 10.6 Å². The van der Waals surface area contributed by atoms with Crippen LogP contribution >= 0.6 is 0 Å². The molecule has 1 saturated heterocycles. The Hall–Kier alpha value is -2.81. The van der Waals surface area contributed by atoms with Gasteiger partial charge in [0.15, 0.2) is 0 Å². The molecule has 1 aromatic rings. The van der Waals surface area contributed by atoms with Gasteiger partial charge >= 0.3 is 6.03 Å². The van der Waals surface area contributed by atoms with Crippen LogP contribution in [0.2, 0.25) is 0 Å². The normalized spacial score (nSPS) is 22.4. The Kier molecular flexibility index (Phi) is 3.33. The van der Waals surface area contributed by atoms with Crippen LogP contribution in [0, 0.1) is 12.3 Å². The second kappa shape index (κ2) is 5.19. The molecular formula is C16H15N3O3. The molecule has 1 aromatic carbocycles. The molecule has 0 bridgehead atoms. The molecule has 1 spiro atoms. The second-order valence-electron chi connectivity index (χ2n) is 5.36. The molecule has 0 unspecified atom stereocenters. The molecule has 1 heterocycles. The zero-order chi connectivity index (χ0) is 15.7. The molecule has 3 rings (SSSR count). The quantitative estimate of drug-likeness (QED) is 0.615. The van der Waals surface area contributed by atoms with Gasteiger partial charge in [0.05, 0.1) is 6.54 Å². The number of hydrogen-bond donors (Lipinski definition) is 2. The largest absolute Gasteiger partial charge is 0.344 e.